The van der Waals surface area contributed by atoms with Crippen LogP contribution in [0.2, 0.25) is 0 Å². The number of nitrogens with two attached hydrogens (primary N) is 1. The van der Waals surface area contributed by atoms with Crippen molar-refractivity contribution in [1.29, 1.82) is 0 Å². The number of rotatable bonds is 5. The number of nitrogens with zero attached hydrogens (tertiary/aromatic N) is 1. The summed E-state index contributed by atoms with van der Waals surface area (Å²) in [5, 5.41) is 16.4. The van der Waals surface area contributed by atoms with Crippen molar-refractivity contribution in [3.8, 4) is 0 Å². The summed E-state index contributed by atoms with van der Waals surface area (Å²) in [4.78, 5) is 13.1. The molecule has 1 fully saturated rings. The van der Waals surface area contributed by atoms with Gasteiger partial charge in [-0.2, -0.15) is 0 Å². The van der Waals surface area contributed by atoms with E-state index in [4.69, 9.17) is 10.9 Å². The number of thiophene rings is 1. The fourth-order valence-corrected chi connectivity index (χ4v) is 2.45. The first kappa shape index (κ1) is 11.9. The highest BCUT2D eigenvalue weighted by molar-refractivity contribution is 7.09. The fraction of sp³-hybridized carbons (Fsp3) is 0.455. The minimum atomic E-state index is -0.746. The molecule has 0 aliphatic heterocycles. The SMILES string of the molecule is N/C(=N/O)C1(C(=O)NCCc2cccs2)CC1. The fourth-order valence-electron chi connectivity index (χ4n) is 1.74. The highest BCUT2D eigenvalue weighted by atomic mass is 32.1. The van der Waals surface area contributed by atoms with Crippen molar-refractivity contribution in [2.45, 2.75) is 19.3 Å². The molecule has 0 unspecified atom stereocenters. The van der Waals surface area contributed by atoms with Gasteiger partial charge in [-0.15, -0.1) is 11.3 Å². The Morgan fingerprint density at radius 2 is 2.41 bits per heavy atom. The number of hydrogen-bond donors (Lipinski definition) is 3. The molecule has 17 heavy (non-hydrogen) atoms. The smallest absolute Gasteiger partial charge is 0.233 e. The molecule has 4 N–H and O–H groups in total. The van der Waals surface area contributed by atoms with Gasteiger partial charge in [-0.25, -0.2) is 0 Å². The van der Waals surface area contributed by atoms with Gasteiger partial charge >= 0.3 is 0 Å². The summed E-state index contributed by atoms with van der Waals surface area (Å²) in [5.74, 6) is -0.115. The highest BCUT2D eigenvalue weighted by Gasteiger charge is 2.54. The van der Waals surface area contributed by atoms with Gasteiger partial charge in [0.15, 0.2) is 5.84 Å². The molecule has 0 saturated heterocycles. The van der Waals surface area contributed by atoms with Crippen LogP contribution in [0.25, 0.3) is 0 Å². The standard InChI is InChI=1S/C11H15N3O2S/c12-9(14-16)11(4-5-11)10(15)13-6-3-8-2-1-7-17-8/h1-2,7,16H,3-6H2,(H2,12,14)(H,13,15). The van der Waals surface area contributed by atoms with Gasteiger partial charge in [0.1, 0.15) is 5.41 Å². The van der Waals surface area contributed by atoms with E-state index in [1.54, 1.807) is 11.3 Å². The molecule has 0 atom stereocenters. The lowest BCUT2D eigenvalue weighted by Crippen LogP contribution is -2.41. The third-order valence-electron chi connectivity index (χ3n) is 3.02. The molecule has 1 amide bonds. The largest absolute Gasteiger partial charge is 0.409 e. The van der Waals surface area contributed by atoms with E-state index in [0.29, 0.717) is 19.4 Å². The molecule has 1 aliphatic rings. The molecule has 5 nitrogen and oxygen atoms in total. The zero-order chi connectivity index (χ0) is 12.3. The lowest BCUT2D eigenvalue weighted by molar-refractivity contribution is -0.124. The van der Waals surface area contributed by atoms with Crippen LogP contribution in [0, 0.1) is 5.41 Å². The number of nitrogens with one attached hydrogen (secondary N) is 1. The number of carbonyl (C=O) groups is 1. The Bertz CT molecular complexity index is 424. The Hall–Kier alpha value is -1.56. The predicted octanol–water partition coefficient (Wildman–Crippen LogP) is 0.933. The van der Waals surface area contributed by atoms with E-state index >= 15 is 0 Å². The van der Waals surface area contributed by atoms with Crippen LogP contribution in [0.4, 0.5) is 0 Å². The maximum atomic E-state index is 11.9. The Labute approximate surface area is 103 Å². The van der Waals surface area contributed by atoms with Crippen molar-refractivity contribution in [1.82, 2.24) is 5.32 Å². The summed E-state index contributed by atoms with van der Waals surface area (Å²) in [6.45, 7) is 0.583. The van der Waals surface area contributed by atoms with Gasteiger partial charge in [-0.05, 0) is 30.7 Å². The lowest BCUT2D eigenvalue weighted by Gasteiger charge is -2.13. The second-order valence-corrected chi connectivity index (χ2v) is 5.18. The minimum absolute atomic E-state index is 0.0196. The van der Waals surface area contributed by atoms with E-state index in [1.165, 1.54) is 4.88 Å². The summed E-state index contributed by atoms with van der Waals surface area (Å²) < 4.78 is 0. The van der Waals surface area contributed by atoms with E-state index in [-0.39, 0.29) is 11.7 Å². The first-order valence-corrected chi connectivity index (χ1v) is 6.36. The van der Waals surface area contributed by atoms with Crippen LogP contribution in [-0.2, 0) is 11.2 Å². The number of hydrogen-bond acceptors (Lipinski definition) is 4. The zero-order valence-electron chi connectivity index (χ0n) is 9.35. The molecule has 0 bridgehead atoms. The van der Waals surface area contributed by atoms with Crippen molar-refractivity contribution in [2.24, 2.45) is 16.3 Å². The van der Waals surface area contributed by atoms with Crippen LogP contribution in [0.1, 0.15) is 17.7 Å². The van der Waals surface area contributed by atoms with Crippen LogP contribution in [0.3, 0.4) is 0 Å². The first-order chi connectivity index (χ1) is 8.19. The third-order valence-corrected chi connectivity index (χ3v) is 3.96. The molecule has 0 aromatic carbocycles. The normalized spacial score (nSPS) is 17.8. The molecule has 1 aliphatic carbocycles. The maximum Gasteiger partial charge on any atom is 0.233 e. The van der Waals surface area contributed by atoms with Crippen LogP contribution in [-0.4, -0.2) is 23.5 Å². The number of amides is 1. The van der Waals surface area contributed by atoms with E-state index < -0.39 is 5.41 Å². The average Bonchev–Trinajstić information content (AvgIpc) is 3.00. The molecular formula is C11H15N3O2S. The van der Waals surface area contributed by atoms with Crippen molar-refractivity contribution in [2.75, 3.05) is 6.54 Å². The van der Waals surface area contributed by atoms with Gasteiger partial charge in [-0.3, -0.25) is 4.79 Å². The Balaban J connectivity index is 1.82. The first-order valence-electron chi connectivity index (χ1n) is 5.48. The third kappa shape index (κ3) is 2.41. The molecule has 0 radical (unpaired) electrons. The van der Waals surface area contributed by atoms with Crippen LogP contribution >= 0.6 is 11.3 Å². The number of oxime groups is 1. The zero-order valence-corrected chi connectivity index (χ0v) is 10.2. The molecule has 0 spiro atoms. The van der Waals surface area contributed by atoms with E-state index in [9.17, 15) is 4.79 Å². The lowest BCUT2D eigenvalue weighted by atomic mass is 10.1. The Morgan fingerprint density at radius 1 is 1.65 bits per heavy atom. The minimum Gasteiger partial charge on any atom is -0.409 e. The predicted molar refractivity (Wildman–Crippen MR) is 66.1 cm³/mol. The van der Waals surface area contributed by atoms with E-state index in [0.717, 1.165) is 6.42 Å². The van der Waals surface area contributed by atoms with Crippen LogP contribution in [0.5, 0.6) is 0 Å². The Kier molecular flexibility index (Phi) is 3.33. The molecular weight excluding hydrogens is 238 g/mol. The van der Waals surface area contributed by atoms with Gasteiger partial charge in [0.2, 0.25) is 5.91 Å². The van der Waals surface area contributed by atoms with Crippen LogP contribution in [0.15, 0.2) is 22.7 Å². The van der Waals surface area contributed by atoms with Gasteiger partial charge in [0.05, 0.1) is 0 Å². The number of carbonyl (C=O) groups excluding carboxylic acids is 1. The number of amidine groups is 1. The van der Waals surface area contributed by atoms with E-state index in [1.807, 2.05) is 17.5 Å². The van der Waals surface area contributed by atoms with Crippen molar-refractivity contribution in [3.05, 3.63) is 22.4 Å². The quantitative estimate of drug-likeness (QED) is 0.316. The second-order valence-electron chi connectivity index (χ2n) is 4.15. The Morgan fingerprint density at radius 3 is 2.94 bits per heavy atom. The molecule has 1 saturated carbocycles. The highest BCUT2D eigenvalue weighted by Crippen LogP contribution is 2.45. The van der Waals surface area contributed by atoms with E-state index in [2.05, 4.69) is 10.5 Å². The van der Waals surface area contributed by atoms with Crippen molar-refractivity contribution in [3.63, 3.8) is 0 Å². The molecule has 92 valence electrons. The monoisotopic (exact) mass is 253 g/mol. The maximum absolute atomic E-state index is 11.9. The van der Waals surface area contributed by atoms with Crippen molar-refractivity contribution < 1.29 is 10.0 Å². The molecule has 1 aromatic heterocycles. The van der Waals surface area contributed by atoms with Gasteiger partial charge in [0.25, 0.3) is 0 Å². The molecule has 6 heteroatoms. The topological polar surface area (TPSA) is 87.7 Å². The summed E-state index contributed by atoms with van der Waals surface area (Å²) in [5.41, 5.74) is 4.78. The second kappa shape index (κ2) is 4.75. The molecule has 1 aromatic rings. The van der Waals surface area contributed by atoms with Crippen molar-refractivity contribution >= 4 is 23.1 Å². The van der Waals surface area contributed by atoms with Crippen LogP contribution < -0.4 is 11.1 Å². The summed E-state index contributed by atoms with van der Waals surface area (Å²) in [6, 6.07) is 4.02. The van der Waals surface area contributed by atoms with Gasteiger partial charge in [-0.1, -0.05) is 11.2 Å². The average molecular weight is 253 g/mol. The summed E-state index contributed by atoms with van der Waals surface area (Å²) >= 11 is 1.67. The van der Waals surface area contributed by atoms with Gasteiger partial charge < -0.3 is 16.3 Å². The molecule has 1 heterocycles. The van der Waals surface area contributed by atoms with Gasteiger partial charge in [0, 0.05) is 11.4 Å². The summed E-state index contributed by atoms with van der Waals surface area (Å²) in [7, 11) is 0. The molecule has 2 rings (SSSR count). The summed E-state index contributed by atoms with van der Waals surface area (Å²) in [6.07, 6.45) is 2.14.